The number of aliphatic carboxylic acids is 1. The minimum absolute atomic E-state index is 0.444. The predicted molar refractivity (Wildman–Crippen MR) is 33.0 cm³/mol. The van der Waals surface area contributed by atoms with Crippen molar-refractivity contribution in [1.82, 2.24) is 0 Å². The smallest absolute Gasteiger partial charge is 0.346 e. The summed E-state index contributed by atoms with van der Waals surface area (Å²) in [5, 5.41) is 7.91. The molecule has 0 spiro atoms. The van der Waals surface area contributed by atoms with Gasteiger partial charge in [-0.3, -0.25) is 9.56 Å². The minimum Gasteiger partial charge on any atom is -0.477 e. The molecule has 0 radical (unpaired) electrons. The molecule has 0 amide bonds. The average molecular weight is 167 g/mol. The average Bonchev–Trinajstić information content (AvgIpc) is 1.59. The van der Waals surface area contributed by atoms with Gasteiger partial charge in [-0.25, -0.2) is 4.79 Å². The van der Waals surface area contributed by atoms with Gasteiger partial charge in [-0.15, -0.1) is 0 Å². The van der Waals surface area contributed by atoms with Gasteiger partial charge in [0.05, 0.1) is 0 Å². The van der Waals surface area contributed by atoms with Crippen LogP contribution in [-0.4, -0.2) is 33.4 Å². The second kappa shape index (κ2) is 3.46. The fourth-order valence-corrected chi connectivity index (χ4v) is 0.520. The first kappa shape index (κ1) is 9.29. The van der Waals surface area contributed by atoms with E-state index in [0.29, 0.717) is 6.21 Å². The van der Waals surface area contributed by atoms with Gasteiger partial charge in [0.1, 0.15) is 12.5 Å². The molecule has 0 heterocycles. The molecule has 10 heavy (non-hydrogen) atoms. The number of hydrogen-bond acceptors (Lipinski definition) is 3. The number of carboxylic acids is 1. The predicted octanol–water partition coefficient (Wildman–Crippen LogP) is -0.723. The zero-order chi connectivity index (χ0) is 8.20. The fraction of sp³-hybridized carbons (Fsp3) is 0.333. The standard InChI is InChI=1S/C3H6NO5P/c5-3(6)1-4-2-10(7,8)9/h1H,2H2,(H,5,6)(H2,7,8,9). The number of nitrogens with zero attached hydrogens (tertiary/aromatic N) is 1. The SMILES string of the molecule is O=C(O)C=NCP(=O)(O)O. The van der Waals surface area contributed by atoms with E-state index in [4.69, 9.17) is 14.9 Å². The van der Waals surface area contributed by atoms with Crippen LogP contribution in [0, 0.1) is 0 Å². The van der Waals surface area contributed by atoms with Crippen molar-refractivity contribution in [2.75, 3.05) is 6.29 Å². The first-order chi connectivity index (χ1) is 4.42. The van der Waals surface area contributed by atoms with E-state index in [9.17, 15) is 9.36 Å². The third-order valence-electron chi connectivity index (χ3n) is 0.468. The van der Waals surface area contributed by atoms with Crippen LogP contribution in [0.15, 0.2) is 4.99 Å². The van der Waals surface area contributed by atoms with E-state index in [0.717, 1.165) is 0 Å². The van der Waals surface area contributed by atoms with Crippen LogP contribution in [0.1, 0.15) is 0 Å². The molecule has 0 aromatic carbocycles. The Morgan fingerprint density at radius 3 is 2.40 bits per heavy atom. The number of hydrogen-bond donors (Lipinski definition) is 3. The van der Waals surface area contributed by atoms with Crippen molar-refractivity contribution in [3.63, 3.8) is 0 Å². The molecule has 0 unspecified atom stereocenters. The molecule has 0 fully saturated rings. The van der Waals surface area contributed by atoms with Gasteiger partial charge in [0.15, 0.2) is 0 Å². The van der Waals surface area contributed by atoms with Gasteiger partial charge in [-0.2, -0.15) is 0 Å². The maximum atomic E-state index is 10.0. The molecule has 0 atom stereocenters. The summed E-state index contributed by atoms with van der Waals surface area (Å²) in [6.45, 7) is 0. The van der Waals surface area contributed by atoms with E-state index in [-0.39, 0.29) is 0 Å². The van der Waals surface area contributed by atoms with Crippen LogP contribution in [0.2, 0.25) is 0 Å². The van der Waals surface area contributed by atoms with Crippen molar-refractivity contribution in [2.45, 2.75) is 0 Å². The van der Waals surface area contributed by atoms with Crippen LogP contribution in [-0.2, 0) is 9.36 Å². The number of carbonyl (C=O) groups is 1. The normalized spacial score (nSPS) is 12.2. The van der Waals surface area contributed by atoms with Crippen molar-refractivity contribution in [2.24, 2.45) is 4.99 Å². The molecule has 0 saturated carbocycles. The van der Waals surface area contributed by atoms with Crippen molar-refractivity contribution < 1.29 is 24.3 Å². The van der Waals surface area contributed by atoms with Gasteiger partial charge >= 0.3 is 13.6 Å². The maximum Gasteiger partial charge on any atom is 0.346 e. The van der Waals surface area contributed by atoms with Crippen molar-refractivity contribution in [3.05, 3.63) is 0 Å². The lowest BCUT2D eigenvalue weighted by Gasteiger charge is -1.94. The molecular weight excluding hydrogens is 161 g/mol. The van der Waals surface area contributed by atoms with Crippen LogP contribution >= 0.6 is 7.60 Å². The molecule has 0 aromatic rings. The molecule has 0 aliphatic heterocycles. The largest absolute Gasteiger partial charge is 0.477 e. The lowest BCUT2D eigenvalue weighted by Crippen LogP contribution is -1.96. The molecule has 0 aliphatic carbocycles. The monoisotopic (exact) mass is 167 g/mol. The Kier molecular flexibility index (Phi) is 3.21. The zero-order valence-electron chi connectivity index (χ0n) is 4.84. The Morgan fingerprint density at radius 1 is 1.60 bits per heavy atom. The summed E-state index contributed by atoms with van der Waals surface area (Å²) >= 11 is 0. The summed E-state index contributed by atoms with van der Waals surface area (Å²) in [4.78, 5) is 28.9. The summed E-state index contributed by atoms with van der Waals surface area (Å²) in [5.74, 6) is -1.33. The van der Waals surface area contributed by atoms with E-state index in [1.807, 2.05) is 0 Å². The van der Waals surface area contributed by atoms with Gasteiger partial charge in [-0.05, 0) is 0 Å². The molecule has 0 aliphatic rings. The molecule has 7 heteroatoms. The third-order valence-corrected chi connectivity index (χ3v) is 0.999. The van der Waals surface area contributed by atoms with E-state index in [1.54, 1.807) is 0 Å². The highest BCUT2D eigenvalue weighted by Crippen LogP contribution is 2.33. The second-order valence-corrected chi connectivity index (χ2v) is 3.07. The molecule has 0 rings (SSSR count). The van der Waals surface area contributed by atoms with E-state index in [1.165, 1.54) is 0 Å². The van der Waals surface area contributed by atoms with E-state index < -0.39 is 19.9 Å². The number of carboxylic acid groups (broad SMARTS) is 1. The van der Waals surface area contributed by atoms with Gasteiger partial charge < -0.3 is 14.9 Å². The van der Waals surface area contributed by atoms with Gasteiger partial charge in [0.2, 0.25) is 0 Å². The first-order valence-corrected chi connectivity index (χ1v) is 3.99. The summed E-state index contributed by atoms with van der Waals surface area (Å²) in [6, 6.07) is 0. The summed E-state index contributed by atoms with van der Waals surface area (Å²) in [5.41, 5.74) is 0. The highest BCUT2D eigenvalue weighted by molar-refractivity contribution is 7.51. The van der Waals surface area contributed by atoms with Gasteiger partial charge in [0, 0.05) is 0 Å². The molecule has 0 aromatic heterocycles. The van der Waals surface area contributed by atoms with Crippen LogP contribution in [0.4, 0.5) is 0 Å². The van der Waals surface area contributed by atoms with Crippen LogP contribution in [0.25, 0.3) is 0 Å². The second-order valence-electron chi connectivity index (χ2n) is 1.46. The Hall–Kier alpha value is -0.710. The molecule has 3 N–H and O–H groups in total. The summed E-state index contributed by atoms with van der Waals surface area (Å²) in [7, 11) is -4.18. The maximum absolute atomic E-state index is 10.0. The molecule has 58 valence electrons. The third kappa shape index (κ3) is 7.29. The number of rotatable bonds is 3. The van der Waals surface area contributed by atoms with Crippen molar-refractivity contribution in [1.29, 1.82) is 0 Å². The van der Waals surface area contributed by atoms with E-state index >= 15 is 0 Å². The Morgan fingerprint density at radius 2 is 2.10 bits per heavy atom. The first-order valence-electron chi connectivity index (χ1n) is 2.19. The van der Waals surface area contributed by atoms with Crippen molar-refractivity contribution in [3.8, 4) is 0 Å². The highest BCUT2D eigenvalue weighted by Gasteiger charge is 2.09. The molecule has 6 nitrogen and oxygen atoms in total. The zero-order valence-corrected chi connectivity index (χ0v) is 5.73. The molecule has 0 bridgehead atoms. The van der Waals surface area contributed by atoms with Crippen LogP contribution < -0.4 is 0 Å². The van der Waals surface area contributed by atoms with Crippen LogP contribution in [0.5, 0.6) is 0 Å². The molecular formula is C3H6NO5P. The highest BCUT2D eigenvalue weighted by atomic mass is 31.2. The fourth-order valence-electron chi connectivity index (χ4n) is 0.225. The summed E-state index contributed by atoms with van der Waals surface area (Å²) < 4.78 is 10.0. The topological polar surface area (TPSA) is 107 Å². The number of aliphatic imine (C=N–C) groups is 1. The van der Waals surface area contributed by atoms with E-state index in [2.05, 4.69) is 4.99 Å². The minimum atomic E-state index is -4.18. The Labute approximate surface area is 56.4 Å². The van der Waals surface area contributed by atoms with Gasteiger partial charge in [0.25, 0.3) is 0 Å². The Balaban J connectivity index is 3.76. The molecule has 0 saturated heterocycles. The summed E-state index contributed by atoms with van der Waals surface area (Å²) in [6.07, 6.45) is -0.335. The Bertz CT molecular complexity index is 193. The quantitative estimate of drug-likeness (QED) is 0.379. The van der Waals surface area contributed by atoms with Crippen molar-refractivity contribution >= 4 is 19.8 Å². The lowest BCUT2D eigenvalue weighted by molar-refractivity contribution is -0.128. The van der Waals surface area contributed by atoms with Gasteiger partial charge in [-0.1, -0.05) is 0 Å². The van der Waals surface area contributed by atoms with Crippen LogP contribution in [0.3, 0.4) is 0 Å². The lowest BCUT2D eigenvalue weighted by atomic mass is 10.8.